The molecule has 1 aliphatic carbocycles. The van der Waals surface area contributed by atoms with Gasteiger partial charge in [-0.2, -0.15) is 0 Å². The molecule has 0 saturated heterocycles. The van der Waals surface area contributed by atoms with Gasteiger partial charge in [-0.25, -0.2) is 9.59 Å². The number of carbonyl (C=O) groups is 3. The van der Waals surface area contributed by atoms with Gasteiger partial charge in [-0.05, 0) is 62.6 Å². The Balaban J connectivity index is 1.37. The van der Waals surface area contributed by atoms with Crippen molar-refractivity contribution in [3.05, 3.63) is 95.6 Å². The second-order valence-electron chi connectivity index (χ2n) is 11.7. The SMILES string of the molecule is CN(Cc1ccccc1)CC(NC(=O)C(C)(C)C(C)(C)NC(=O)OCC1c2ccccc2-c2ccccc21)C(=O)O. The van der Waals surface area contributed by atoms with Crippen molar-refractivity contribution in [3.8, 4) is 11.1 Å². The summed E-state index contributed by atoms with van der Waals surface area (Å²) in [6.45, 7) is 7.62. The summed E-state index contributed by atoms with van der Waals surface area (Å²) in [5.74, 6) is -1.70. The van der Waals surface area contributed by atoms with Crippen LogP contribution >= 0.6 is 0 Å². The van der Waals surface area contributed by atoms with Crippen molar-refractivity contribution in [2.45, 2.75) is 51.7 Å². The fourth-order valence-electron chi connectivity index (χ4n) is 5.13. The number of hydrogen-bond acceptors (Lipinski definition) is 5. The van der Waals surface area contributed by atoms with E-state index in [1.807, 2.05) is 66.5 Å². The van der Waals surface area contributed by atoms with Gasteiger partial charge >= 0.3 is 12.1 Å². The third-order valence-electron chi connectivity index (χ3n) is 8.28. The molecule has 0 bridgehead atoms. The molecule has 3 N–H and O–H groups in total. The number of benzene rings is 3. The topological polar surface area (TPSA) is 108 Å². The largest absolute Gasteiger partial charge is 0.480 e. The minimum atomic E-state index is -1.16. The quantitative estimate of drug-likeness (QED) is 0.305. The van der Waals surface area contributed by atoms with Gasteiger partial charge in [0.2, 0.25) is 5.91 Å². The van der Waals surface area contributed by atoms with Crippen LogP contribution < -0.4 is 10.6 Å². The molecule has 3 aromatic carbocycles. The standard InChI is InChI=1S/C33H39N3O5/c1-32(2,30(39)34-28(29(37)38)20-36(5)19-22-13-7-6-8-14-22)33(3,4)35-31(40)41-21-27-25-17-11-9-15-23(25)24-16-10-12-18-26(24)27/h6-18,27-28H,19-21H2,1-5H3,(H,34,39)(H,35,40)(H,37,38). The number of rotatable bonds is 11. The molecule has 0 saturated carbocycles. The Kier molecular flexibility index (Phi) is 8.83. The molecule has 1 unspecified atom stereocenters. The fraction of sp³-hybridized carbons (Fsp3) is 0.364. The van der Waals surface area contributed by atoms with Crippen LogP contribution in [0.1, 0.15) is 50.3 Å². The summed E-state index contributed by atoms with van der Waals surface area (Å²) in [6, 6.07) is 24.8. The highest BCUT2D eigenvalue weighted by Crippen LogP contribution is 2.44. The van der Waals surface area contributed by atoms with E-state index in [0.717, 1.165) is 27.8 Å². The van der Waals surface area contributed by atoms with Crippen LogP contribution in [0.4, 0.5) is 4.79 Å². The van der Waals surface area contributed by atoms with Gasteiger partial charge in [0.15, 0.2) is 0 Å². The first kappa shape index (κ1) is 29.8. The molecule has 41 heavy (non-hydrogen) atoms. The maximum absolute atomic E-state index is 13.4. The first-order valence-corrected chi connectivity index (χ1v) is 13.8. The van der Waals surface area contributed by atoms with Crippen molar-refractivity contribution in [3.63, 3.8) is 0 Å². The first-order chi connectivity index (χ1) is 19.4. The number of aliphatic carboxylic acids is 1. The monoisotopic (exact) mass is 557 g/mol. The van der Waals surface area contributed by atoms with E-state index in [0.29, 0.717) is 6.54 Å². The van der Waals surface area contributed by atoms with Crippen molar-refractivity contribution >= 4 is 18.0 Å². The number of likely N-dealkylation sites (N-methyl/N-ethyl adjacent to an activating group) is 1. The number of nitrogens with zero attached hydrogens (tertiary/aromatic N) is 1. The average molecular weight is 558 g/mol. The van der Waals surface area contributed by atoms with Gasteiger partial charge in [0.05, 0.1) is 11.0 Å². The van der Waals surface area contributed by atoms with Crippen LogP contribution in [0.5, 0.6) is 0 Å². The zero-order valence-corrected chi connectivity index (χ0v) is 24.3. The van der Waals surface area contributed by atoms with Gasteiger partial charge in [-0.1, -0.05) is 78.9 Å². The fourth-order valence-corrected chi connectivity index (χ4v) is 5.13. The molecule has 1 atom stereocenters. The van der Waals surface area contributed by atoms with Gasteiger partial charge < -0.3 is 20.5 Å². The van der Waals surface area contributed by atoms with Crippen LogP contribution in [-0.4, -0.2) is 59.8 Å². The van der Waals surface area contributed by atoms with E-state index in [-0.39, 0.29) is 19.1 Å². The molecular weight excluding hydrogens is 518 g/mol. The molecule has 8 nitrogen and oxygen atoms in total. The Bertz CT molecular complexity index is 1360. The molecule has 0 radical (unpaired) electrons. The van der Waals surface area contributed by atoms with Crippen molar-refractivity contribution < 1.29 is 24.2 Å². The molecule has 0 aliphatic heterocycles. The van der Waals surface area contributed by atoms with Gasteiger partial charge in [-0.3, -0.25) is 9.69 Å². The first-order valence-electron chi connectivity index (χ1n) is 13.8. The van der Waals surface area contributed by atoms with Crippen LogP contribution in [0, 0.1) is 5.41 Å². The second kappa shape index (κ2) is 12.1. The van der Waals surface area contributed by atoms with Crippen molar-refractivity contribution in [1.82, 2.24) is 15.5 Å². The van der Waals surface area contributed by atoms with Crippen molar-refractivity contribution in [2.75, 3.05) is 20.2 Å². The number of carboxylic acids is 1. The Morgan fingerprint density at radius 2 is 1.41 bits per heavy atom. The van der Waals surface area contributed by atoms with Crippen LogP contribution in [0.25, 0.3) is 11.1 Å². The average Bonchev–Trinajstić information content (AvgIpc) is 3.25. The van der Waals surface area contributed by atoms with E-state index in [4.69, 9.17) is 4.74 Å². The van der Waals surface area contributed by atoms with E-state index in [1.54, 1.807) is 27.7 Å². The van der Waals surface area contributed by atoms with Crippen LogP contribution in [-0.2, 0) is 20.9 Å². The maximum Gasteiger partial charge on any atom is 0.407 e. The smallest absolute Gasteiger partial charge is 0.407 e. The molecule has 0 spiro atoms. The minimum absolute atomic E-state index is 0.0863. The van der Waals surface area contributed by atoms with E-state index in [9.17, 15) is 19.5 Å². The number of alkyl carbamates (subject to hydrolysis) is 1. The number of amides is 2. The second-order valence-corrected chi connectivity index (χ2v) is 11.7. The summed E-state index contributed by atoms with van der Waals surface area (Å²) < 4.78 is 5.70. The third kappa shape index (κ3) is 6.60. The Labute approximate surface area is 241 Å². The molecule has 2 amide bonds. The lowest BCUT2D eigenvalue weighted by atomic mass is 9.73. The van der Waals surface area contributed by atoms with Crippen molar-refractivity contribution in [1.29, 1.82) is 0 Å². The van der Waals surface area contributed by atoms with Gasteiger partial charge in [0, 0.05) is 19.0 Å². The van der Waals surface area contributed by atoms with E-state index in [1.165, 1.54) is 0 Å². The Morgan fingerprint density at radius 1 is 0.878 bits per heavy atom. The summed E-state index contributed by atoms with van der Waals surface area (Å²) in [7, 11) is 1.81. The zero-order valence-electron chi connectivity index (χ0n) is 24.3. The summed E-state index contributed by atoms with van der Waals surface area (Å²) >= 11 is 0. The molecule has 0 fully saturated rings. The highest BCUT2D eigenvalue weighted by molar-refractivity contribution is 5.88. The number of fused-ring (bicyclic) bond motifs is 3. The number of hydrogen-bond donors (Lipinski definition) is 3. The number of nitrogens with one attached hydrogen (secondary N) is 2. The van der Waals surface area contributed by atoms with Gasteiger partial charge in [-0.15, -0.1) is 0 Å². The number of ether oxygens (including phenoxy) is 1. The molecule has 216 valence electrons. The van der Waals surface area contributed by atoms with E-state index < -0.39 is 35.0 Å². The Hall–Kier alpha value is -4.17. The summed E-state index contributed by atoms with van der Waals surface area (Å²) in [6.07, 6.45) is -0.643. The highest BCUT2D eigenvalue weighted by atomic mass is 16.5. The number of carboxylic acid groups (broad SMARTS) is 1. The molecule has 0 aromatic heterocycles. The third-order valence-corrected chi connectivity index (χ3v) is 8.28. The summed E-state index contributed by atoms with van der Waals surface area (Å²) in [5, 5.41) is 15.4. The summed E-state index contributed by atoms with van der Waals surface area (Å²) in [4.78, 5) is 40.3. The van der Waals surface area contributed by atoms with Gasteiger partial charge in [0.1, 0.15) is 12.6 Å². The molecule has 3 aromatic rings. The predicted molar refractivity (Wildman–Crippen MR) is 158 cm³/mol. The molecule has 1 aliphatic rings. The zero-order chi connectivity index (χ0) is 29.8. The van der Waals surface area contributed by atoms with Crippen LogP contribution in [0.2, 0.25) is 0 Å². The van der Waals surface area contributed by atoms with E-state index >= 15 is 0 Å². The molecule has 4 rings (SSSR count). The maximum atomic E-state index is 13.4. The lowest BCUT2D eigenvalue weighted by Gasteiger charge is -2.41. The molecule has 0 heterocycles. The van der Waals surface area contributed by atoms with Crippen LogP contribution in [0.15, 0.2) is 78.9 Å². The minimum Gasteiger partial charge on any atom is -0.480 e. The molecular formula is C33H39N3O5. The van der Waals surface area contributed by atoms with Gasteiger partial charge in [0.25, 0.3) is 0 Å². The number of carbonyl (C=O) groups excluding carboxylic acids is 2. The highest BCUT2D eigenvalue weighted by Gasteiger charge is 2.46. The van der Waals surface area contributed by atoms with E-state index in [2.05, 4.69) is 34.9 Å². The normalized spacial score (nSPS) is 13.7. The van der Waals surface area contributed by atoms with Crippen molar-refractivity contribution in [2.24, 2.45) is 5.41 Å². The Morgan fingerprint density at radius 3 is 1.98 bits per heavy atom. The lowest BCUT2D eigenvalue weighted by molar-refractivity contribution is -0.145. The van der Waals surface area contributed by atoms with Crippen LogP contribution in [0.3, 0.4) is 0 Å². The summed E-state index contributed by atoms with van der Waals surface area (Å²) in [5.41, 5.74) is 3.31. The lowest BCUT2D eigenvalue weighted by Crippen LogP contribution is -2.62. The molecule has 8 heteroatoms. The predicted octanol–water partition coefficient (Wildman–Crippen LogP) is 5.03.